The van der Waals surface area contributed by atoms with Crippen molar-refractivity contribution in [3.8, 4) is 0 Å². The van der Waals surface area contributed by atoms with Crippen LogP contribution in [0.1, 0.15) is 44.6 Å². The Kier molecular flexibility index (Phi) is 6.54. The monoisotopic (exact) mass is 383 g/mol. The molecule has 1 atom stereocenters. The lowest BCUT2D eigenvalue weighted by Crippen LogP contribution is -2.52. The number of piperazine rings is 1. The van der Waals surface area contributed by atoms with Crippen molar-refractivity contribution in [2.75, 3.05) is 31.1 Å². The maximum absolute atomic E-state index is 6.51. The molecular weight excluding hydrogens is 353 g/mol. The van der Waals surface area contributed by atoms with E-state index >= 15 is 0 Å². The van der Waals surface area contributed by atoms with Gasteiger partial charge in [-0.05, 0) is 70.0 Å². The van der Waals surface area contributed by atoms with Gasteiger partial charge in [0.1, 0.15) is 0 Å². The number of nitrogens with zero attached hydrogens (tertiary/aromatic N) is 2. The van der Waals surface area contributed by atoms with E-state index in [1.54, 1.807) is 0 Å². The fourth-order valence-corrected chi connectivity index (χ4v) is 4.77. The minimum Gasteiger partial charge on any atom is -0.365 e. The lowest BCUT2D eigenvalue weighted by Gasteiger charge is -2.42. The molecule has 1 saturated carbocycles. The summed E-state index contributed by atoms with van der Waals surface area (Å²) in [5.74, 6) is 0.874. The van der Waals surface area contributed by atoms with Crippen molar-refractivity contribution in [3.05, 3.63) is 27.7 Å². The largest absolute Gasteiger partial charge is 0.365 e. The molecule has 3 nitrogen and oxygen atoms in total. The number of rotatable bonds is 4. The lowest BCUT2D eigenvalue weighted by atomic mass is 9.84. The second kappa shape index (κ2) is 8.47. The summed E-state index contributed by atoms with van der Waals surface area (Å²) in [6.07, 6.45) is 6.36. The number of halogens is 2. The standard InChI is InChI=1S/C20H31Cl2N3/c1-14-3-8-18(20(22)19(14)21)25-12-11-24(13-15(25)2)10-9-16-4-6-17(23)7-5-16/h3,8,15-17H,4-7,9-13,23H2,1-2H3/t15-,16?,17?/m1/s1. The third kappa shape index (κ3) is 4.63. The molecule has 1 aliphatic carbocycles. The number of benzene rings is 1. The van der Waals surface area contributed by atoms with Gasteiger partial charge in [0.2, 0.25) is 0 Å². The van der Waals surface area contributed by atoms with Gasteiger partial charge in [-0.3, -0.25) is 4.90 Å². The highest BCUT2D eigenvalue weighted by atomic mass is 35.5. The van der Waals surface area contributed by atoms with Gasteiger partial charge in [-0.2, -0.15) is 0 Å². The first-order valence-corrected chi connectivity index (χ1v) is 10.4. The number of hydrogen-bond donors (Lipinski definition) is 1. The van der Waals surface area contributed by atoms with Gasteiger partial charge < -0.3 is 10.6 Å². The Bertz CT molecular complexity index is 585. The van der Waals surface area contributed by atoms with Crippen molar-refractivity contribution in [1.29, 1.82) is 0 Å². The predicted molar refractivity (Wildman–Crippen MR) is 109 cm³/mol. The molecule has 0 spiro atoms. The molecule has 0 aromatic heterocycles. The molecule has 140 valence electrons. The van der Waals surface area contributed by atoms with E-state index in [0.29, 0.717) is 22.1 Å². The van der Waals surface area contributed by atoms with Crippen molar-refractivity contribution in [2.24, 2.45) is 11.7 Å². The van der Waals surface area contributed by atoms with Crippen molar-refractivity contribution < 1.29 is 0 Å². The SMILES string of the molecule is Cc1ccc(N2CCN(CCC3CCC(N)CC3)C[C@H]2C)c(Cl)c1Cl. The van der Waals surface area contributed by atoms with Crippen LogP contribution in [0.4, 0.5) is 5.69 Å². The number of nitrogens with two attached hydrogens (primary N) is 1. The van der Waals surface area contributed by atoms with Crippen LogP contribution in [-0.4, -0.2) is 43.2 Å². The Morgan fingerprint density at radius 1 is 1.08 bits per heavy atom. The van der Waals surface area contributed by atoms with E-state index < -0.39 is 0 Å². The molecule has 1 heterocycles. The Morgan fingerprint density at radius 3 is 2.48 bits per heavy atom. The Labute approximate surface area is 162 Å². The van der Waals surface area contributed by atoms with E-state index in [4.69, 9.17) is 28.9 Å². The first kappa shape index (κ1) is 19.3. The zero-order chi connectivity index (χ0) is 18.0. The zero-order valence-electron chi connectivity index (χ0n) is 15.5. The van der Waals surface area contributed by atoms with E-state index in [2.05, 4.69) is 28.9 Å². The molecule has 0 radical (unpaired) electrons. The summed E-state index contributed by atoms with van der Waals surface area (Å²) in [6.45, 7) is 8.69. The smallest absolute Gasteiger partial charge is 0.0828 e. The van der Waals surface area contributed by atoms with Crippen LogP contribution in [0.2, 0.25) is 10.0 Å². The van der Waals surface area contributed by atoms with Gasteiger partial charge in [0, 0.05) is 31.7 Å². The molecule has 0 unspecified atom stereocenters. The van der Waals surface area contributed by atoms with Crippen molar-refractivity contribution in [1.82, 2.24) is 4.90 Å². The fourth-order valence-electron chi connectivity index (χ4n) is 4.29. The molecule has 1 aromatic rings. The normalized spacial score (nSPS) is 28.4. The second-order valence-electron chi connectivity index (χ2n) is 7.94. The summed E-state index contributed by atoms with van der Waals surface area (Å²) in [7, 11) is 0. The minimum atomic E-state index is 0.449. The molecule has 1 aromatic carbocycles. The zero-order valence-corrected chi connectivity index (χ0v) is 17.0. The molecular formula is C20H31Cl2N3. The maximum Gasteiger partial charge on any atom is 0.0828 e. The van der Waals surface area contributed by atoms with Crippen LogP contribution in [0.3, 0.4) is 0 Å². The topological polar surface area (TPSA) is 32.5 Å². The van der Waals surface area contributed by atoms with Crippen LogP contribution in [0, 0.1) is 12.8 Å². The molecule has 0 amide bonds. The van der Waals surface area contributed by atoms with Gasteiger partial charge in [-0.1, -0.05) is 29.3 Å². The second-order valence-corrected chi connectivity index (χ2v) is 8.70. The number of anilines is 1. The van der Waals surface area contributed by atoms with Crippen molar-refractivity contribution in [3.63, 3.8) is 0 Å². The highest BCUT2D eigenvalue weighted by molar-refractivity contribution is 6.44. The Balaban J connectivity index is 1.53. The van der Waals surface area contributed by atoms with Crippen LogP contribution in [0.5, 0.6) is 0 Å². The quantitative estimate of drug-likeness (QED) is 0.815. The van der Waals surface area contributed by atoms with E-state index in [0.717, 1.165) is 36.8 Å². The van der Waals surface area contributed by atoms with Gasteiger partial charge in [0.25, 0.3) is 0 Å². The van der Waals surface area contributed by atoms with Crippen molar-refractivity contribution >= 4 is 28.9 Å². The fraction of sp³-hybridized carbons (Fsp3) is 0.700. The summed E-state index contributed by atoms with van der Waals surface area (Å²) >= 11 is 12.9. The summed E-state index contributed by atoms with van der Waals surface area (Å²) < 4.78 is 0. The van der Waals surface area contributed by atoms with Crippen LogP contribution in [0.25, 0.3) is 0 Å². The molecule has 3 rings (SSSR count). The minimum absolute atomic E-state index is 0.449. The van der Waals surface area contributed by atoms with Gasteiger partial charge in [-0.25, -0.2) is 0 Å². The molecule has 25 heavy (non-hydrogen) atoms. The molecule has 2 N–H and O–H groups in total. The summed E-state index contributed by atoms with van der Waals surface area (Å²) in [5.41, 5.74) is 8.13. The maximum atomic E-state index is 6.51. The van der Waals surface area contributed by atoms with Crippen LogP contribution >= 0.6 is 23.2 Å². The first-order chi connectivity index (χ1) is 12.0. The molecule has 2 fully saturated rings. The highest BCUT2D eigenvalue weighted by Crippen LogP contribution is 2.36. The predicted octanol–water partition coefficient (Wildman–Crippen LogP) is 4.72. The van der Waals surface area contributed by atoms with E-state index in [1.165, 1.54) is 38.6 Å². The van der Waals surface area contributed by atoms with E-state index in [1.807, 2.05) is 6.92 Å². The molecule has 1 saturated heterocycles. The van der Waals surface area contributed by atoms with E-state index in [-0.39, 0.29) is 0 Å². The van der Waals surface area contributed by atoms with Gasteiger partial charge >= 0.3 is 0 Å². The summed E-state index contributed by atoms with van der Waals surface area (Å²) in [6, 6.07) is 5.08. The molecule has 5 heteroatoms. The first-order valence-electron chi connectivity index (χ1n) is 9.65. The van der Waals surface area contributed by atoms with Crippen molar-refractivity contribution in [2.45, 2.75) is 58.0 Å². The average molecular weight is 384 g/mol. The summed E-state index contributed by atoms with van der Waals surface area (Å²) in [4.78, 5) is 5.02. The van der Waals surface area contributed by atoms with Gasteiger partial charge in [0.15, 0.2) is 0 Å². The summed E-state index contributed by atoms with van der Waals surface area (Å²) in [5, 5.41) is 1.38. The highest BCUT2D eigenvalue weighted by Gasteiger charge is 2.27. The average Bonchev–Trinajstić information content (AvgIpc) is 2.60. The van der Waals surface area contributed by atoms with E-state index in [9.17, 15) is 0 Å². The van der Waals surface area contributed by atoms with Crippen LogP contribution in [0.15, 0.2) is 12.1 Å². The lowest BCUT2D eigenvalue weighted by molar-refractivity contribution is 0.198. The van der Waals surface area contributed by atoms with Crippen LogP contribution in [-0.2, 0) is 0 Å². The third-order valence-corrected chi connectivity index (χ3v) is 6.99. The molecule has 2 aliphatic rings. The van der Waals surface area contributed by atoms with Crippen LogP contribution < -0.4 is 10.6 Å². The number of hydrogen-bond acceptors (Lipinski definition) is 3. The molecule has 1 aliphatic heterocycles. The third-order valence-electron chi connectivity index (χ3n) is 6.02. The van der Waals surface area contributed by atoms with Gasteiger partial charge in [-0.15, -0.1) is 0 Å². The Morgan fingerprint density at radius 2 is 1.80 bits per heavy atom. The Hall–Kier alpha value is -0.480. The number of aryl methyl sites for hydroxylation is 1. The molecule has 0 bridgehead atoms. The van der Waals surface area contributed by atoms with Gasteiger partial charge in [0.05, 0.1) is 15.7 Å².